The minimum Gasteiger partial charge on any atom is -0.367 e. The van der Waals surface area contributed by atoms with Crippen LogP contribution in [-0.2, 0) is 0 Å². The van der Waals surface area contributed by atoms with Crippen LogP contribution < -0.4 is 5.32 Å². The fourth-order valence-electron chi connectivity index (χ4n) is 2.39. The average molecular weight is 366 g/mol. The summed E-state index contributed by atoms with van der Waals surface area (Å²) in [6.45, 7) is -0.151. The van der Waals surface area contributed by atoms with Crippen molar-refractivity contribution < 1.29 is 14.5 Å². The molecule has 0 atom stereocenters. The maximum absolute atomic E-state index is 12.4. The zero-order valence-electron chi connectivity index (χ0n) is 12.0. The number of carbonyl (C=O) groups excluding carboxylic acids is 2. The van der Waals surface area contributed by atoms with E-state index in [4.69, 9.17) is 23.2 Å². The van der Waals surface area contributed by atoms with E-state index in [9.17, 15) is 19.7 Å². The van der Waals surface area contributed by atoms with Crippen molar-refractivity contribution in [3.8, 4) is 0 Å². The highest BCUT2D eigenvalue weighted by molar-refractivity contribution is 6.42. The van der Waals surface area contributed by atoms with Gasteiger partial charge >= 0.3 is 0 Å². The van der Waals surface area contributed by atoms with Crippen molar-refractivity contribution in [1.29, 1.82) is 0 Å². The summed E-state index contributed by atoms with van der Waals surface area (Å²) in [7, 11) is 0. The Labute approximate surface area is 145 Å². The molecule has 1 heterocycles. The Bertz CT molecular complexity index is 885. The highest BCUT2D eigenvalue weighted by Gasteiger charge is 2.40. The number of halogens is 2. The van der Waals surface area contributed by atoms with Gasteiger partial charge in [-0.2, -0.15) is 0 Å². The van der Waals surface area contributed by atoms with Gasteiger partial charge in [0.2, 0.25) is 0 Å². The van der Waals surface area contributed by atoms with Crippen LogP contribution in [0, 0.1) is 10.1 Å². The Balaban J connectivity index is 1.84. The summed E-state index contributed by atoms with van der Waals surface area (Å²) >= 11 is 11.7. The van der Waals surface area contributed by atoms with Crippen molar-refractivity contribution in [1.82, 2.24) is 4.90 Å². The maximum Gasteiger partial charge on any atom is 0.282 e. The quantitative estimate of drug-likeness (QED) is 0.507. The van der Waals surface area contributed by atoms with E-state index >= 15 is 0 Å². The molecule has 9 heteroatoms. The number of nitrogens with zero attached hydrogens (tertiary/aromatic N) is 2. The van der Waals surface area contributed by atoms with Gasteiger partial charge < -0.3 is 5.32 Å². The second-order valence-corrected chi connectivity index (χ2v) is 5.77. The fraction of sp³-hybridized carbons (Fsp3) is 0.0667. The van der Waals surface area contributed by atoms with Crippen molar-refractivity contribution >= 4 is 46.4 Å². The average Bonchev–Trinajstić information content (AvgIpc) is 2.80. The van der Waals surface area contributed by atoms with Gasteiger partial charge in [0.1, 0.15) is 5.56 Å². The topological polar surface area (TPSA) is 92.5 Å². The number of nitro groups is 1. The zero-order valence-corrected chi connectivity index (χ0v) is 13.5. The lowest BCUT2D eigenvalue weighted by atomic mass is 10.1. The maximum atomic E-state index is 12.4. The monoisotopic (exact) mass is 365 g/mol. The highest BCUT2D eigenvalue weighted by atomic mass is 35.5. The third kappa shape index (κ3) is 2.68. The van der Waals surface area contributed by atoms with Gasteiger partial charge in [0, 0.05) is 11.8 Å². The van der Waals surface area contributed by atoms with E-state index in [-0.39, 0.29) is 23.5 Å². The van der Waals surface area contributed by atoms with Gasteiger partial charge in [-0.1, -0.05) is 29.3 Å². The van der Waals surface area contributed by atoms with Crippen molar-refractivity contribution in [3.05, 3.63) is 67.7 Å². The van der Waals surface area contributed by atoms with E-state index < -0.39 is 16.7 Å². The Morgan fingerprint density at radius 2 is 1.83 bits per heavy atom. The van der Waals surface area contributed by atoms with E-state index in [1.165, 1.54) is 18.2 Å². The van der Waals surface area contributed by atoms with Crippen LogP contribution >= 0.6 is 23.2 Å². The first-order valence-electron chi connectivity index (χ1n) is 6.72. The highest BCUT2D eigenvalue weighted by Crippen LogP contribution is 2.31. The molecule has 0 unspecified atom stereocenters. The summed E-state index contributed by atoms with van der Waals surface area (Å²) in [6, 6.07) is 8.71. The molecule has 1 N–H and O–H groups in total. The number of fused-ring (bicyclic) bond motifs is 1. The predicted molar refractivity (Wildman–Crippen MR) is 88.5 cm³/mol. The zero-order chi connectivity index (χ0) is 17.4. The molecular formula is C15H9Cl2N3O4. The molecule has 0 saturated heterocycles. The lowest BCUT2D eigenvalue weighted by Crippen LogP contribution is -2.34. The number of carbonyl (C=O) groups is 2. The standard InChI is InChI=1S/C15H9Cl2N3O4/c16-10-5-4-8(6-11(10)17)18-7-19-14(21)9-2-1-3-12(20(23)24)13(9)15(19)22/h1-6,18H,7H2. The van der Waals surface area contributed by atoms with Crippen LogP contribution in [0.25, 0.3) is 0 Å². The number of rotatable bonds is 4. The van der Waals surface area contributed by atoms with Crippen LogP contribution in [0.5, 0.6) is 0 Å². The number of nitro benzene ring substituents is 1. The second kappa shape index (κ2) is 6.10. The van der Waals surface area contributed by atoms with E-state index in [2.05, 4.69) is 5.32 Å². The number of hydrogen-bond donors (Lipinski definition) is 1. The van der Waals surface area contributed by atoms with Gasteiger partial charge in [0.15, 0.2) is 0 Å². The second-order valence-electron chi connectivity index (χ2n) is 4.96. The largest absolute Gasteiger partial charge is 0.367 e. The smallest absolute Gasteiger partial charge is 0.282 e. The third-order valence-corrected chi connectivity index (χ3v) is 4.27. The van der Waals surface area contributed by atoms with Crippen LogP contribution in [0.1, 0.15) is 20.7 Å². The number of hydrogen-bond acceptors (Lipinski definition) is 5. The van der Waals surface area contributed by atoms with Gasteiger partial charge in [-0.25, -0.2) is 0 Å². The van der Waals surface area contributed by atoms with Crippen LogP contribution in [0.2, 0.25) is 10.0 Å². The normalized spacial score (nSPS) is 13.2. The van der Waals surface area contributed by atoms with Crippen LogP contribution in [-0.4, -0.2) is 28.3 Å². The number of nitrogens with one attached hydrogen (secondary N) is 1. The number of amides is 2. The molecule has 1 aliphatic rings. The van der Waals surface area contributed by atoms with Crippen molar-refractivity contribution in [2.45, 2.75) is 0 Å². The van der Waals surface area contributed by atoms with Gasteiger partial charge in [0.25, 0.3) is 17.5 Å². The minimum absolute atomic E-state index is 0.0186. The predicted octanol–water partition coefficient (Wildman–Crippen LogP) is 3.57. The molecule has 7 nitrogen and oxygen atoms in total. The van der Waals surface area contributed by atoms with E-state index in [0.29, 0.717) is 15.7 Å². The van der Waals surface area contributed by atoms with E-state index in [0.717, 1.165) is 4.90 Å². The lowest BCUT2D eigenvalue weighted by Gasteiger charge is -2.15. The first kappa shape index (κ1) is 16.2. The minimum atomic E-state index is -0.713. The lowest BCUT2D eigenvalue weighted by molar-refractivity contribution is -0.385. The van der Waals surface area contributed by atoms with Crippen LogP contribution in [0.15, 0.2) is 36.4 Å². The fourth-order valence-corrected chi connectivity index (χ4v) is 2.69. The number of benzene rings is 2. The summed E-state index contributed by atoms with van der Waals surface area (Å²) in [5, 5.41) is 14.6. The molecule has 2 aromatic rings. The molecule has 24 heavy (non-hydrogen) atoms. The third-order valence-electron chi connectivity index (χ3n) is 3.53. The van der Waals surface area contributed by atoms with E-state index in [1.54, 1.807) is 18.2 Å². The summed E-state index contributed by atoms with van der Waals surface area (Å²) in [5.41, 5.74) is -0.00748. The molecule has 3 rings (SSSR count). The van der Waals surface area contributed by atoms with E-state index in [1.807, 2.05) is 0 Å². The molecule has 0 spiro atoms. The van der Waals surface area contributed by atoms with Crippen molar-refractivity contribution in [2.24, 2.45) is 0 Å². The Kier molecular flexibility index (Phi) is 4.13. The summed E-state index contributed by atoms with van der Waals surface area (Å²) in [4.78, 5) is 36.0. The van der Waals surface area contributed by atoms with Gasteiger partial charge in [-0.3, -0.25) is 24.6 Å². The molecule has 0 aliphatic carbocycles. The number of imide groups is 1. The summed E-state index contributed by atoms with van der Waals surface area (Å²) < 4.78 is 0. The Hall–Kier alpha value is -2.64. The van der Waals surface area contributed by atoms with Crippen LogP contribution in [0.3, 0.4) is 0 Å². The molecular weight excluding hydrogens is 357 g/mol. The number of anilines is 1. The molecule has 2 aromatic carbocycles. The molecule has 0 fully saturated rings. The SMILES string of the molecule is O=C1c2cccc([N+](=O)[O-])c2C(=O)N1CNc1ccc(Cl)c(Cl)c1. The molecule has 1 aliphatic heterocycles. The first-order chi connectivity index (χ1) is 11.4. The summed E-state index contributed by atoms with van der Waals surface area (Å²) in [5.74, 6) is -1.30. The molecule has 122 valence electrons. The Morgan fingerprint density at radius 1 is 1.08 bits per heavy atom. The molecule has 0 radical (unpaired) electrons. The molecule has 2 amide bonds. The van der Waals surface area contributed by atoms with Crippen molar-refractivity contribution in [3.63, 3.8) is 0 Å². The van der Waals surface area contributed by atoms with Gasteiger partial charge in [0.05, 0.1) is 27.2 Å². The summed E-state index contributed by atoms with van der Waals surface area (Å²) in [6.07, 6.45) is 0. The first-order valence-corrected chi connectivity index (χ1v) is 7.48. The molecule has 0 saturated carbocycles. The van der Waals surface area contributed by atoms with Gasteiger partial charge in [-0.05, 0) is 24.3 Å². The van der Waals surface area contributed by atoms with Gasteiger partial charge in [-0.15, -0.1) is 0 Å². The molecule has 0 bridgehead atoms. The van der Waals surface area contributed by atoms with Crippen LogP contribution in [0.4, 0.5) is 11.4 Å². The Morgan fingerprint density at radius 3 is 2.50 bits per heavy atom. The van der Waals surface area contributed by atoms with Crippen molar-refractivity contribution in [2.75, 3.05) is 12.0 Å². The molecule has 0 aromatic heterocycles.